The lowest BCUT2D eigenvalue weighted by molar-refractivity contribution is 0.101. The van der Waals surface area contributed by atoms with Gasteiger partial charge >= 0.3 is 0 Å². The molecule has 2 heterocycles. The Balaban J connectivity index is 1.74. The van der Waals surface area contributed by atoms with Gasteiger partial charge in [-0.2, -0.15) is 0 Å². The molecule has 2 aromatic heterocycles. The van der Waals surface area contributed by atoms with Gasteiger partial charge in [0.25, 0.3) is 5.91 Å². The molecule has 0 atom stereocenters. The van der Waals surface area contributed by atoms with Crippen molar-refractivity contribution in [3.63, 3.8) is 0 Å². The summed E-state index contributed by atoms with van der Waals surface area (Å²) in [5.41, 5.74) is -1.36. The van der Waals surface area contributed by atoms with E-state index >= 15 is 4.39 Å². The van der Waals surface area contributed by atoms with Crippen LogP contribution >= 0.6 is 0 Å². The van der Waals surface area contributed by atoms with Crippen molar-refractivity contribution < 1.29 is 27.5 Å². The first kappa shape index (κ1) is 20.1. The third-order valence-corrected chi connectivity index (χ3v) is 4.67. The normalized spacial score (nSPS) is 10.8. The van der Waals surface area contributed by atoms with E-state index in [1.165, 1.54) is 43.8 Å². The lowest BCUT2D eigenvalue weighted by Crippen LogP contribution is -2.17. The van der Waals surface area contributed by atoms with Crippen molar-refractivity contribution in [1.29, 1.82) is 0 Å². The number of carbonyl (C=O) groups is 2. The highest BCUT2D eigenvalue weighted by Gasteiger charge is 2.25. The van der Waals surface area contributed by atoms with Crippen LogP contribution in [0.25, 0.3) is 11.0 Å². The van der Waals surface area contributed by atoms with E-state index in [0.717, 1.165) is 18.2 Å². The first-order valence-corrected chi connectivity index (χ1v) is 9.00. The third kappa shape index (κ3) is 3.61. The zero-order chi connectivity index (χ0) is 22.1. The number of rotatable bonds is 5. The highest BCUT2D eigenvalue weighted by molar-refractivity contribution is 6.17. The lowest BCUT2D eigenvalue weighted by Gasteiger charge is -2.11. The summed E-state index contributed by atoms with van der Waals surface area (Å²) in [7, 11) is 1.41. The molecule has 0 fully saturated rings. The molecule has 6 nitrogen and oxygen atoms in total. The molecule has 2 aromatic carbocycles. The van der Waals surface area contributed by atoms with E-state index in [4.69, 9.17) is 4.74 Å². The molecule has 2 N–H and O–H groups in total. The maximum Gasteiger partial charge on any atom is 0.258 e. The molecule has 0 aliphatic heterocycles. The van der Waals surface area contributed by atoms with Crippen LogP contribution in [0.5, 0.6) is 5.75 Å². The second-order valence-electron chi connectivity index (χ2n) is 6.52. The molecule has 9 heteroatoms. The van der Waals surface area contributed by atoms with Crippen molar-refractivity contribution in [2.24, 2.45) is 0 Å². The number of nitrogens with one attached hydrogen (secondary N) is 2. The average Bonchev–Trinajstić information content (AvgIpc) is 3.19. The number of ether oxygens (including phenoxy) is 1. The number of benzene rings is 2. The van der Waals surface area contributed by atoms with Gasteiger partial charge in [0.05, 0.1) is 30.1 Å². The van der Waals surface area contributed by atoms with Crippen LogP contribution in [0, 0.1) is 17.5 Å². The smallest absolute Gasteiger partial charge is 0.258 e. The molecular weight excluding hydrogens is 411 g/mol. The van der Waals surface area contributed by atoms with Crippen LogP contribution in [-0.4, -0.2) is 28.8 Å². The van der Waals surface area contributed by atoms with E-state index in [2.05, 4.69) is 15.3 Å². The summed E-state index contributed by atoms with van der Waals surface area (Å²) < 4.78 is 48.4. The fraction of sp³-hybridized carbons (Fsp3) is 0.0455. The standard InChI is InChI=1S/C22H14F3N3O3/c1-31-11-8-13-14(10-27-21(13)26-9-11)20(29)18-16(24)6-7-17(19(18)25)28-22(30)12-4-2-3-5-15(12)23/h2-10H,1H3,(H,26,27)(H,28,30). The Hall–Kier alpha value is -4.14. The lowest BCUT2D eigenvalue weighted by atomic mass is 10.0. The predicted molar refractivity (Wildman–Crippen MR) is 107 cm³/mol. The van der Waals surface area contributed by atoms with Crippen molar-refractivity contribution in [3.8, 4) is 5.75 Å². The van der Waals surface area contributed by atoms with Crippen LogP contribution in [0.1, 0.15) is 26.3 Å². The third-order valence-electron chi connectivity index (χ3n) is 4.67. The van der Waals surface area contributed by atoms with Crippen LogP contribution in [0.2, 0.25) is 0 Å². The molecule has 0 spiro atoms. The van der Waals surface area contributed by atoms with E-state index in [-0.39, 0.29) is 11.1 Å². The molecular formula is C22H14F3N3O3. The van der Waals surface area contributed by atoms with Gasteiger partial charge in [-0.05, 0) is 30.3 Å². The van der Waals surface area contributed by atoms with Gasteiger partial charge in [-0.1, -0.05) is 12.1 Å². The van der Waals surface area contributed by atoms with E-state index in [0.29, 0.717) is 16.8 Å². The number of fused-ring (bicyclic) bond motifs is 1. The Labute approximate surface area is 173 Å². The number of amides is 1. The van der Waals surface area contributed by atoms with Crippen LogP contribution in [0.4, 0.5) is 18.9 Å². The maximum absolute atomic E-state index is 15.1. The van der Waals surface area contributed by atoms with Gasteiger partial charge < -0.3 is 15.0 Å². The quantitative estimate of drug-likeness (QED) is 0.462. The maximum atomic E-state index is 15.1. The summed E-state index contributed by atoms with van der Waals surface area (Å²) in [6.07, 6.45) is 2.70. The Morgan fingerprint density at radius 3 is 2.55 bits per heavy atom. The zero-order valence-corrected chi connectivity index (χ0v) is 16.0. The van der Waals surface area contributed by atoms with Crippen molar-refractivity contribution in [2.45, 2.75) is 0 Å². The first-order valence-electron chi connectivity index (χ1n) is 9.00. The number of nitrogens with zero attached hydrogens (tertiary/aromatic N) is 1. The van der Waals surface area contributed by atoms with Crippen molar-refractivity contribution >= 4 is 28.4 Å². The minimum atomic E-state index is -1.28. The molecule has 0 unspecified atom stereocenters. The molecule has 156 valence electrons. The van der Waals surface area contributed by atoms with Crippen molar-refractivity contribution in [3.05, 3.63) is 89.0 Å². The SMILES string of the molecule is COc1cnc2[nH]cc(C(=O)c3c(F)ccc(NC(=O)c4ccccc4F)c3F)c2c1. The predicted octanol–water partition coefficient (Wildman–Crippen LogP) is 4.47. The number of hydrogen-bond donors (Lipinski definition) is 2. The number of halogens is 3. The summed E-state index contributed by atoms with van der Waals surface area (Å²) in [6.45, 7) is 0. The number of carbonyl (C=O) groups excluding carboxylic acids is 2. The number of aromatic amines is 1. The van der Waals surface area contributed by atoms with Crippen LogP contribution in [-0.2, 0) is 0 Å². The van der Waals surface area contributed by atoms with Gasteiger partial charge in [0.1, 0.15) is 23.0 Å². The first-order chi connectivity index (χ1) is 14.9. The number of aromatic nitrogens is 2. The molecule has 4 aromatic rings. The minimum absolute atomic E-state index is 0.0308. The number of anilines is 1. The van der Waals surface area contributed by atoms with E-state index in [1.54, 1.807) is 0 Å². The van der Waals surface area contributed by atoms with Gasteiger partial charge in [-0.3, -0.25) is 9.59 Å². The van der Waals surface area contributed by atoms with Gasteiger partial charge in [0.15, 0.2) is 5.82 Å². The number of hydrogen-bond acceptors (Lipinski definition) is 4. The van der Waals surface area contributed by atoms with Gasteiger partial charge in [-0.25, -0.2) is 18.2 Å². The number of methoxy groups -OCH3 is 1. The summed E-state index contributed by atoms with van der Waals surface area (Å²) in [5.74, 6) is -4.75. The average molecular weight is 425 g/mol. The fourth-order valence-electron chi connectivity index (χ4n) is 3.11. The number of ketones is 1. The minimum Gasteiger partial charge on any atom is -0.495 e. The van der Waals surface area contributed by atoms with Crippen LogP contribution in [0.15, 0.2) is 54.9 Å². The molecule has 0 saturated heterocycles. The summed E-state index contributed by atoms with van der Waals surface area (Å²) in [4.78, 5) is 32.1. The van der Waals surface area contributed by atoms with Crippen molar-refractivity contribution in [2.75, 3.05) is 12.4 Å². The van der Waals surface area contributed by atoms with E-state index in [9.17, 15) is 18.4 Å². The summed E-state index contributed by atoms with van der Waals surface area (Å²) in [5, 5.41) is 2.49. The number of pyridine rings is 1. The summed E-state index contributed by atoms with van der Waals surface area (Å²) >= 11 is 0. The van der Waals surface area contributed by atoms with Gasteiger partial charge in [-0.15, -0.1) is 0 Å². The molecule has 0 aliphatic carbocycles. The van der Waals surface area contributed by atoms with Crippen molar-refractivity contribution in [1.82, 2.24) is 9.97 Å². The molecule has 0 aliphatic rings. The second kappa shape index (κ2) is 7.94. The van der Waals surface area contributed by atoms with Crippen LogP contribution < -0.4 is 10.1 Å². The molecule has 31 heavy (non-hydrogen) atoms. The largest absolute Gasteiger partial charge is 0.495 e. The topological polar surface area (TPSA) is 84.1 Å². The summed E-state index contributed by atoms with van der Waals surface area (Å²) in [6, 6.07) is 8.43. The Morgan fingerprint density at radius 1 is 1.03 bits per heavy atom. The Bertz CT molecular complexity index is 1330. The molecule has 4 rings (SSSR count). The highest BCUT2D eigenvalue weighted by atomic mass is 19.1. The van der Waals surface area contributed by atoms with Gasteiger partial charge in [0.2, 0.25) is 5.78 Å². The fourth-order valence-corrected chi connectivity index (χ4v) is 3.11. The Kier molecular flexibility index (Phi) is 5.16. The molecule has 0 radical (unpaired) electrons. The second-order valence-corrected chi connectivity index (χ2v) is 6.52. The monoisotopic (exact) mass is 425 g/mol. The van der Waals surface area contributed by atoms with E-state index in [1.807, 2.05) is 0 Å². The number of H-pyrrole nitrogens is 1. The zero-order valence-electron chi connectivity index (χ0n) is 16.0. The molecule has 0 saturated carbocycles. The van der Waals surface area contributed by atoms with E-state index < -0.39 is 40.4 Å². The van der Waals surface area contributed by atoms with Crippen LogP contribution in [0.3, 0.4) is 0 Å². The Morgan fingerprint density at radius 2 is 1.81 bits per heavy atom. The molecule has 0 bridgehead atoms. The van der Waals surface area contributed by atoms with Gasteiger partial charge in [0, 0.05) is 17.1 Å². The molecule has 1 amide bonds. The highest BCUT2D eigenvalue weighted by Crippen LogP contribution is 2.28.